The molecule has 0 aliphatic carbocycles. The summed E-state index contributed by atoms with van der Waals surface area (Å²) in [6, 6.07) is 9.36. The van der Waals surface area contributed by atoms with Crippen LogP contribution in [0.3, 0.4) is 0 Å². The number of aryl methyl sites for hydroxylation is 1. The van der Waals surface area contributed by atoms with Crippen molar-refractivity contribution in [3.05, 3.63) is 36.1 Å². The van der Waals surface area contributed by atoms with Crippen LogP contribution in [0.25, 0.3) is 0 Å². The number of rotatable bonds is 8. The molecule has 1 amide bonds. The van der Waals surface area contributed by atoms with E-state index in [9.17, 15) is 4.79 Å². The number of carbonyl (C=O) groups is 1. The molecule has 1 aromatic carbocycles. The van der Waals surface area contributed by atoms with Crippen LogP contribution in [-0.4, -0.2) is 64.0 Å². The highest BCUT2D eigenvalue weighted by molar-refractivity contribution is 5.90. The predicted octanol–water partition coefficient (Wildman–Crippen LogP) is -1.21. The second kappa shape index (κ2) is 9.38. The second-order valence-electron chi connectivity index (χ2n) is 6.82. The Labute approximate surface area is 159 Å². The lowest BCUT2D eigenvalue weighted by Gasteiger charge is -2.29. The molecule has 1 fully saturated rings. The van der Waals surface area contributed by atoms with E-state index in [0.717, 1.165) is 44.2 Å². The Bertz CT molecular complexity index is 724. The molecule has 1 aliphatic heterocycles. The van der Waals surface area contributed by atoms with Crippen LogP contribution in [0.1, 0.15) is 5.76 Å². The first kappa shape index (κ1) is 19.2. The molecule has 1 saturated heterocycles. The van der Waals surface area contributed by atoms with Crippen molar-refractivity contribution >= 4 is 11.7 Å². The van der Waals surface area contributed by atoms with Crippen molar-refractivity contribution in [2.24, 2.45) is 0 Å². The summed E-state index contributed by atoms with van der Waals surface area (Å²) < 4.78 is 15.9. The quantitative estimate of drug-likeness (QED) is 0.539. The fraction of sp³-hybridized carbons (Fsp3) is 0.474. The maximum atomic E-state index is 12.1. The Morgan fingerprint density at radius 2 is 1.81 bits per heavy atom. The zero-order chi connectivity index (χ0) is 19.1. The van der Waals surface area contributed by atoms with Gasteiger partial charge in [0.05, 0.1) is 7.11 Å². The van der Waals surface area contributed by atoms with E-state index in [0.29, 0.717) is 24.7 Å². The Morgan fingerprint density at radius 3 is 2.44 bits per heavy atom. The van der Waals surface area contributed by atoms with Gasteiger partial charge in [-0.25, -0.2) is 0 Å². The number of hydrogen-bond acceptors (Lipinski definition) is 5. The number of amides is 1. The number of quaternary nitrogens is 2. The minimum Gasteiger partial charge on any atom is -0.497 e. The minimum absolute atomic E-state index is 0.0235. The fourth-order valence-electron chi connectivity index (χ4n) is 3.21. The number of aromatic nitrogens is 1. The molecule has 146 valence electrons. The zero-order valence-electron chi connectivity index (χ0n) is 15.9. The van der Waals surface area contributed by atoms with Crippen LogP contribution in [0.15, 0.2) is 34.9 Å². The average molecular weight is 376 g/mol. The molecule has 3 rings (SSSR count). The first-order chi connectivity index (χ1) is 13.1. The van der Waals surface area contributed by atoms with E-state index in [1.54, 1.807) is 20.1 Å². The number of nitrogens with zero attached hydrogens (tertiary/aromatic N) is 1. The van der Waals surface area contributed by atoms with Crippen LogP contribution >= 0.6 is 0 Å². The smallest absolute Gasteiger partial charge is 0.280 e. The predicted molar refractivity (Wildman–Crippen MR) is 99.5 cm³/mol. The first-order valence-electron chi connectivity index (χ1n) is 9.29. The number of anilines is 1. The van der Waals surface area contributed by atoms with Crippen LogP contribution in [0.2, 0.25) is 0 Å². The third-order valence-electron chi connectivity index (χ3n) is 4.75. The van der Waals surface area contributed by atoms with Gasteiger partial charge in [0.2, 0.25) is 0 Å². The van der Waals surface area contributed by atoms with Crippen molar-refractivity contribution in [3.63, 3.8) is 0 Å². The highest BCUT2D eigenvalue weighted by atomic mass is 16.5. The van der Waals surface area contributed by atoms with Gasteiger partial charge in [0.15, 0.2) is 12.4 Å². The molecule has 3 N–H and O–H groups in total. The number of nitrogens with one attached hydrogen (secondary N) is 3. The van der Waals surface area contributed by atoms with Crippen LogP contribution in [-0.2, 0) is 4.79 Å². The lowest BCUT2D eigenvalue weighted by molar-refractivity contribution is -1.01. The third-order valence-corrected chi connectivity index (χ3v) is 4.75. The summed E-state index contributed by atoms with van der Waals surface area (Å²) in [6.07, 6.45) is 0. The Kier molecular flexibility index (Phi) is 6.67. The summed E-state index contributed by atoms with van der Waals surface area (Å²) in [5.74, 6) is 2.84. The van der Waals surface area contributed by atoms with E-state index in [2.05, 4.69) is 10.5 Å². The topological polar surface area (TPSA) is 82.5 Å². The van der Waals surface area contributed by atoms with Crippen molar-refractivity contribution in [2.45, 2.75) is 6.92 Å². The molecule has 27 heavy (non-hydrogen) atoms. The summed E-state index contributed by atoms with van der Waals surface area (Å²) in [5, 5.41) is 6.57. The first-order valence-corrected chi connectivity index (χ1v) is 9.29. The summed E-state index contributed by atoms with van der Waals surface area (Å²) in [7, 11) is 1.65. The molecule has 0 radical (unpaired) electrons. The summed E-state index contributed by atoms with van der Waals surface area (Å²) in [6.45, 7) is 7.93. The maximum Gasteiger partial charge on any atom is 0.280 e. The summed E-state index contributed by atoms with van der Waals surface area (Å²) >= 11 is 0. The van der Waals surface area contributed by atoms with E-state index in [1.807, 2.05) is 24.3 Å². The number of hydrogen-bond donors (Lipinski definition) is 3. The van der Waals surface area contributed by atoms with Crippen molar-refractivity contribution < 1.29 is 28.6 Å². The molecular weight excluding hydrogens is 348 g/mol. The molecule has 0 saturated carbocycles. The van der Waals surface area contributed by atoms with Crippen LogP contribution < -0.4 is 24.6 Å². The number of carbonyl (C=O) groups excluding carboxylic acids is 1. The molecule has 2 aromatic rings. The van der Waals surface area contributed by atoms with Gasteiger partial charge in [0.25, 0.3) is 5.91 Å². The van der Waals surface area contributed by atoms with Gasteiger partial charge in [-0.1, -0.05) is 5.16 Å². The summed E-state index contributed by atoms with van der Waals surface area (Å²) in [5.41, 5.74) is 0. The SMILES string of the molecule is COc1ccc(OCC[NH+]2CC[NH+](CC(=O)Nc3cc(C)on3)CC2)cc1. The summed E-state index contributed by atoms with van der Waals surface area (Å²) in [4.78, 5) is 14.9. The number of ether oxygens (including phenoxy) is 2. The van der Waals surface area contributed by atoms with E-state index in [4.69, 9.17) is 14.0 Å². The number of piperazine rings is 1. The number of methoxy groups -OCH3 is 1. The molecule has 8 nitrogen and oxygen atoms in total. The Morgan fingerprint density at radius 1 is 1.15 bits per heavy atom. The van der Waals surface area contributed by atoms with Gasteiger partial charge in [-0.15, -0.1) is 0 Å². The standard InChI is InChI=1S/C19H26N4O4/c1-15-13-18(21-27-15)20-19(24)14-23-9-7-22(8-10-23)11-12-26-17-5-3-16(25-2)4-6-17/h3-6,13H,7-12,14H2,1-2H3,(H,20,21,24)/p+2. The molecule has 0 atom stereocenters. The lowest BCUT2D eigenvalue weighted by Crippen LogP contribution is -3.28. The highest BCUT2D eigenvalue weighted by Crippen LogP contribution is 2.16. The monoisotopic (exact) mass is 376 g/mol. The van der Waals surface area contributed by atoms with Gasteiger partial charge in [0, 0.05) is 6.07 Å². The maximum absolute atomic E-state index is 12.1. The van der Waals surface area contributed by atoms with Crippen LogP contribution in [0.5, 0.6) is 11.5 Å². The van der Waals surface area contributed by atoms with Gasteiger partial charge >= 0.3 is 0 Å². The van der Waals surface area contributed by atoms with Crippen molar-refractivity contribution in [1.29, 1.82) is 0 Å². The molecule has 8 heteroatoms. The van der Waals surface area contributed by atoms with Crippen molar-refractivity contribution in [2.75, 3.05) is 58.3 Å². The normalized spacial score (nSPS) is 19.5. The van der Waals surface area contributed by atoms with E-state index in [-0.39, 0.29) is 5.91 Å². The number of benzene rings is 1. The molecule has 1 aromatic heterocycles. The van der Waals surface area contributed by atoms with Gasteiger partial charge in [0.1, 0.15) is 56.6 Å². The third kappa shape index (κ3) is 5.97. The second-order valence-corrected chi connectivity index (χ2v) is 6.82. The van der Waals surface area contributed by atoms with Crippen molar-refractivity contribution in [3.8, 4) is 11.5 Å². The van der Waals surface area contributed by atoms with E-state index >= 15 is 0 Å². The van der Waals surface area contributed by atoms with E-state index in [1.165, 1.54) is 9.80 Å². The minimum atomic E-state index is -0.0235. The van der Waals surface area contributed by atoms with Gasteiger partial charge < -0.3 is 29.1 Å². The molecular formula is C19H28N4O4+2. The highest BCUT2D eigenvalue weighted by Gasteiger charge is 2.24. The zero-order valence-corrected chi connectivity index (χ0v) is 15.9. The lowest BCUT2D eigenvalue weighted by atomic mass is 10.3. The van der Waals surface area contributed by atoms with E-state index < -0.39 is 0 Å². The molecule has 0 bridgehead atoms. The van der Waals surface area contributed by atoms with Gasteiger partial charge in [-0.3, -0.25) is 4.79 Å². The fourth-order valence-corrected chi connectivity index (χ4v) is 3.21. The van der Waals surface area contributed by atoms with Crippen LogP contribution in [0.4, 0.5) is 5.82 Å². The van der Waals surface area contributed by atoms with Crippen LogP contribution in [0, 0.1) is 6.92 Å². The molecule has 0 spiro atoms. The largest absolute Gasteiger partial charge is 0.497 e. The molecule has 1 aliphatic rings. The Hall–Kier alpha value is -2.58. The van der Waals surface area contributed by atoms with Gasteiger partial charge in [-0.05, 0) is 31.2 Å². The molecule has 0 unspecified atom stereocenters. The van der Waals surface area contributed by atoms with Gasteiger partial charge in [-0.2, -0.15) is 0 Å². The Balaban J connectivity index is 1.31. The van der Waals surface area contributed by atoms with Crippen molar-refractivity contribution in [1.82, 2.24) is 5.16 Å². The molecule has 2 heterocycles. The average Bonchev–Trinajstić information content (AvgIpc) is 3.08.